The first-order valence-electron chi connectivity index (χ1n) is 14.2. The van der Waals surface area contributed by atoms with E-state index in [1.807, 2.05) is 60.3 Å². The molecule has 2 fully saturated rings. The van der Waals surface area contributed by atoms with Crippen molar-refractivity contribution < 1.29 is 14.3 Å². The van der Waals surface area contributed by atoms with Crippen molar-refractivity contribution in [1.29, 1.82) is 0 Å². The van der Waals surface area contributed by atoms with Gasteiger partial charge in [0.25, 0.3) is 0 Å². The predicted molar refractivity (Wildman–Crippen MR) is 163 cm³/mol. The molecule has 0 radical (unpaired) electrons. The number of benzene rings is 2. The fourth-order valence-corrected chi connectivity index (χ4v) is 5.68. The highest BCUT2D eigenvalue weighted by Crippen LogP contribution is 2.27. The van der Waals surface area contributed by atoms with E-state index in [2.05, 4.69) is 23.6 Å². The van der Waals surface area contributed by atoms with Gasteiger partial charge in [-0.25, -0.2) is 0 Å². The molecule has 2 heterocycles. The molecule has 0 spiro atoms. The average molecular weight is 592 g/mol. The van der Waals surface area contributed by atoms with E-state index in [-0.39, 0.29) is 11.8 Å². The second-order valence-electron chi connectivity index (χ2n) is 10.8. The summed E-state index contributed by atoms with van der Waals surface area (Å²) < 4.78 is 5.15. The molecule has 0 aromatic heterocycles. The van der Waals surface area contributed by atoms with E-state index in [0.717, 1.165) is 55.9 Å². The Kier molecular flexibility index (Phi) is 12.6. The molecule has 2 atom stereocenters. The van der Waals surface area contributed by atoms with Crippen LogP contribution in [-0.2, 0) is 22.7 Å². The molecule has 220 valence electrons. The largest absolute Gasteiger partial charge is 0.497 e. The van der Waals surface area contributed by atoms with Crippen LogP contribution in [0.5, 0.6) is 5.75 Å². The summed E-state index contributed by atoms with van der Waals surface area (Å²) in [5, 5.41) is 1.09. The lowest BCUT2D eigenvalue weighted by molar-refractivity contribution is -0.130. The van der Waals surface area contributed by atoms with E-state index in [1.165, 1.54) is 0 Å². The first kappa shape index (κ1) is 32.2. The molecule has 0 saturated carbocycles. The maximum atomic E-state index is 12.1. The fourth-order valence-electron chi connectivity index (χ4n) is 5.36. The summed E-state index contributed by atoms with van der Waals surface area (Å²) in [7, 11) is 5.76. The van der Waals surface area contributed by atoms with Gasteiger partial charge < -0.3 is 24.3 Å². The molecule has 7 nitrogen and oxygen atoms in total. The van der Waals surface area contributed by atoms with E-state index >= 15 is 0 Å². The standard InChI is InChI=1S/C16H22Cl2N2O.C15H22N2O2/c1-3-19(4-2)11-13-6-8-16(21)20(13)10-12-5-7-14(17)15(18)9-12;1-16(2)11-13-6-9-15(18)17(13)10-12-4-7-14(19-3)8-5-12/h5,7,9,13H,3-4,6,8,10-11H2,1-2H3;4-5,7-8,13H,6,9-11H2,1-3H3. The second-order valence-corrected chi connectivity index (χ2v) is 11.6. The van der Waals surface area contributed by atoms with Gasteiger partial charge in [0.2, 0.25) is 11.8 Å². The zero-order chi connectivity index (χ0) is 29.2. The van der Waals surface area contributed by atoms with Crippen LogP contribution in [-0.4, -0.2) is 90.9 Å². The van der Waals surface area contributed by atoms with Crippen molar-refractivity contribution in [1.82, 2.24) is 19.6 Å². The summed E-state index contributed by atoms with van der Waals surface area (Å²) in [6.07, 6.45) is 3.23. The van der Waals surface area contributed by atoms with Crippen LogP contribution in [0.25, 0.3) is 0 Å². The third-order valence-electron chi connectivity index (χ3n) is 7.69. The number of rotatable bonds is 11. The normalized spacial score (nSPS) is 19.0. The Morgan fingerprint density at radius 3 is 1.82 bits per heavy atom. The third kappa shape index (κ3) is 9.10. The molecule has 0 bridgehead atoms. The van der Waals surface area contributed by atoms with Crippen LogP contribution in [0, 0.1) is 0 Å². The maximum Gasteiger partial charge on any atom is 0.223 e. The van der Waals surface area contributed by atoms with Crippen molar-refractivity contribution in [2.24, 2.45) is 0 Å². The Labute approximate surface area is 249 Å². The van der Waals surface area contributed by atoms with E-state index < -0.39 is 0 Å². The zero-order valence-electron chi connectivity index (χ0n) is 24.5. The number of methoxy groups -OCH3 is 1. The number of hydrogen-bond acceptors (Lipinski definition) is 5. The van der Waals surface area contributed by atoms with Crippen LogP contribution >= 0.6 is 23.2 Å². The number of nitrogens with zero attached hydrogens (tertiary/aromatic N) is 4. The highest BCUT2D eigenvalue weighted by Gasteiger charge is 2.32. The number of carbonyl (C=O) groups excluding carboxylic acids is 2. The summed E-state index contributed by atoms with van der Waals surface area (Å²) >= 11 is 12.0. The van der Waals surface area contributed by atoms with Gasteiger partial charge in [-0.1, -0.05) is 55.2 Å². The van der Waals surface area contributed by atoms with E-state index in [9.17, 15) is 9.59 Å². The Morgan fingerprint density at radius 1 is 0.800 bits per heavy atom. The van der Waals surface area contributed by atoms with Crippen molar-refractivity contribution in [2.75, 3.05) is 47.4 Å². The van der Waals surface area contributed by atoms with Crippen molar-refractivity contribution in [2.45, 2.75) is 64.7 Å². The molecular weight excluding hydrogens is 547 g/mol. The Bertz CT molecular complexity index is 1110. The van der Waals surface area contributed by atoms with E-state index in [0.29, 0.717) is 48.1 Å². The quantitative estimate of drug-likeness (QED) is 0.342. The van der Waals surface area contributed by atoms with Crippen molar-refractivity contribution in [3.8, 4) is 5.75 Å². The minimum atomic E-state index is 0.234. The van der Waals surface area contributed by atoms with Crippen LogP contribution in [0.1, 0.15) is 50.7 Å². The van der Waals surface area contributed by atoms with Crippen LogP contribution in [0.3, 0.4) is 0 Å². The Morgan fingerprint density at radius 2 is 1.32 bits per heavy atom. The van der Waals surface area contributed by atoms with Crippen molar-refractivity contribution in [3.63, 3.8) is 0 Å². The summed E-state index contributed by atoms with van der Waals surface area (Å²) in [6, 6.07) is 14.1. The second kappa shape index (κ2) is 15.6. The number of likely N-dealkylation sites (tertiary alicyclic amines) is 2. The molecule has 9 heteroatoms. The van der Waals surface area contributed by atoms with Gasteiger partial charge in [-0.2, -0.15) is 0 Å². The number of hydrogen-bond donors (Lipinski definition) is 0. The summed E-state index contributed by atoms with van der Waals surface area (Å²) in [5.41, 5.74) is 2.18. The molecule has 2 unspecified atom stereocenters. The lowest BCUT2D eigenvalue weighted by Gasteiger charge is -2.29. The molecule has 2 aliphatic rings. The molecule has 4 rings (SSSR count). The number of carbonyl (C=O) groups is 2. The van der Waals surface area contributed by atoms with Gasteiger partial charge in [0, 0.05) is 51.1 Å². The van der Waals surface area contributed by atoms with Crippen LogP contribution in [0.15, 0.2) is 42.5 Å². The SMILES string of the molecule is CCN(CC)CC1CCC(=O)N1Cc1ccc(Cl)c(Cl)c1.COc1ccc(CN2C(=O)CCC2CN(C)C)cc1. The predicted octanol–water partition coefficient (Wildman–Crippen LogP) is 5.57. The van der Waals surface area contributed by atoms with E-state index in [4.69, 9.17) is 27.9 Å². The number of ether oxygens (including phenoxy) is 1. The first-order chi connectivity index (χ1) is 19.1. The highest BCUT2D eigenvalue weighted by molar-refractivity contribution is 6.42. The summed E-state index contributed by atoms with van der Waals surface area (Å²) in [4.78, 5) is 32.6. The van der Waals surface area contributed by atoms with Crippen molar-refractivity contribution >= 4 is 35.0 Å². The van der Waals surface area contributed by atoms with Gasteiger partial charge in [-0.3, -0.25) is 9.59 Å². The molecular formula is C31H44Cl2N4O3. The average Bonchev–Trinajstić information content (AvgIpc) is 3.46. The van der Waals surface area contributed by atoms with Crippen LogP contribution < -0.4 is 4.74 Å². The smallest absolute Gasteiger partial charge is 0.223 e. The Balaban J connectivity index is 0.000000222. The van der Waals surface area contributed by atoms with Gasteiger partial charge in [-0.05, 0) is 75.4 Å². The molecule has 2 aromatic rings. The molecule has 2 aromatic carbocycles. The topological polar surface area (TPSA) is 56.3 Å². The number of likely N-dealkylation sites (N-methyl/N-ethyl adjacent to an activating group) is 2. The van der Waals surface area contributed by atoms with Crippen LogP contribution in [0.2, 0.25) is 10.0 Å². The maximum absolute atomic E-state index is 12.1. The fraction of sp³-hybridized carbons (Fsp3) is 0.548. The zero-order valence-corrected chi connectivity index (χ0v) is 26.0. The van der Waals surface area contributed by atoms with Gasteiger partial charge in [-0.15, -0.1) is 0 Å². The minimum absolute atomic E-state index is 0.234. The molecule has 0 aliphatic carbocycles. The first-order valence-corrected chi connectivity index (χ1v) is 14.9. The number of halogens is 2. The van der Waals surface area contributed by atoms with Crippen LogP contribution in [0.4, 0.5) is 0 Å². The monoisotopic (exact) mass is 590 g/mol. The molecule has 40 heavy (non-hydrogen) atoms. The third-order valence-corrected chi connectivity index (χ3v) is 8.43. The molecule has 2 amide bonds. The summed E-state index contributed by atoms with van der Waals surface area (Å²) in [6.45, 7) is 9.53. The van der Waals surface area contributed by atoms with E-state index in [1.54, 1.807) is 13.2 Å². The highest BCUT2D eigenvalue weighted by atomic mass is 35.5. The van der Waals surface area contributed by atoms with Gasteiger partial charge >= 0.3 is 0 Å². The van der Waals surface area contributed by atoms with Gasteiger partial charge in [0.1, 0.15) is 5.75 Å². The summed E-state index contributed by atoms with van der Waals surface area (Å²) in [5.74, 6) is 1.35. The molecule has 2 saturated heterocycles. The van der Waals surface area contributed by atoms with Gasteiger partial charge in [0.15, 0.2) is 0 Å². The Hall–Kier alpha value is -2.32. The lowest BCUT2D eigenvalue weighted by Crippen LogP contribution is -2.41. The van der Waals surface area contributed by atoms with Gasteiger partial charge in [0.05, 0.1) is 17.2 Å². The number of amides is 2. The molecule has 2 aliphatic heterocycles. The molecule has 0 N–H and O–H groups in total. The van der Waals surface area contributed by atoms with Crippen molar-refractivity contribution in [3.05, 3.63) is 63.6 Å². The lowest BCUT2D eigenvalue weighted by atomic mass is 10.1. The minimum Gasteiger partial charge on any atom is -0.497 e.